The first-order chi connectivity index (χ1) is 15.7. The maximum atomic E-state index is 11.8. The van der Waals surface area contributed by atoms with Gasteiger partial charge in [0.05, 0.1) is 23.7 Å². The van der Waals surface area contributed by atoms with Gasteiger partial charge in [0.2, 0.25) is 0 Å². The standard InChI is InChI=1S/C27H21N3O2/c1-32-27(31)21-8-4-6-19(16-21)18-12-14-22(15-13-18)28-23-9-5-7-20(17-23)26-29-24-10-2-3-11-25(24)30-26/h2-17,28H,1H3,(H,29,30). The van der Waals surface area contributed by atoms with E-state index >= 15 is 0 Å². The first-order valence-electron chi connectivity index (χ1n) is 10.3. The van der Waals surface area contributed by atoms with Gasteiger partial charge in [-0.15, -0.1) is 0 Å². The minimum absolute atomic E-state index is 0.338. The SMILES string of the molecule is COC(=O)c1cccc(-c2ccc(Nc3cccc(-c4nc5ccccc5[nH]4)c3)cc2)c1. The molecule has 0 saturated heterocycles. The minimum atomic E-state index is -0.338. The molecule has 2 N–H and O–H groups in total. The fraction of sp³-hybridized carbons (Fsp3) is 0.0370. The molecule has 0 aliphatic rings. The Bertz CT molecular complexity index is 1370. The normalized spacial score (nSPS) is 10.8. The fourth-order valence-electron chi connectivity index (χ4n) is 3.69. The molecule has 0 spiro atoms. The highest BCUT2D eigenvalue weighted by atomic mass is 16.5. The van der Waals surface area contributed by atoms with Crippen LogP contribution < -0.4 is 5.32 Å². The van der Waals surface area contributed by atoms with Crippen LogP contribution in [0.1, 0.15) is 10.4 Å². The molecule has 0 unspecified atom stereocenters. The fourth-order valence-corrected chi connectivity index (χ4v) is 3.69. The van der Waals surface area contributed by atoms with Gasteiger partial charge in [-0.2, -0.15) is 0 Å². The van der Waals surface area contributed by atoms with Crippen molar-refractivity contribution in [2.45, 2.75) is 0 Å². The first-order valence-corrected chi connectivity index (χ1v) is 10.3. The molecule has 0 saturated carbocycles. The lowest BCUT2D eigenvalue weighted by Gasteiger charge is -2.09. The Hall–Kier alpha value is -4.38. The van der Waals surface area contributed by atoms with E-state index < -0.39 is 0 Å². The number of imidazole rings is 1. The number of hydrogen-bond acceptors (Lipinski definition) is 4. The zero-order valence-electron chi connectivity index (χ0n) is 17.5. The van der Waals surface area contributed by atoms with Gasteiger partial charge in [-0.25, -0.2) is 9.78 Å². The van der Waals surface area contributed by atoms with E-state index in [9.17, 15) is 4.79 Å². The number of aromatic amines is 1. The lowest BCUT2D eigenvalue weighted by Crippen LogP contribution is -2.00. The molecule has 32 heavy (non-hydrogen) atoms. The Morgan fingerprint density at radius 2 is 1.56 bits per heavy atom. The summed E-state index contributed by atoms with van der Waals surface area (Å²) in [5.41, 5.74) is 7.46. The summed E-state index contributed by atoms with van der Waals surface area (Å²) in [6, 6.07) is 31.7. The Morgan fingerprint density at radius 1 is 0.781 bits per heavy atom. The predicted molar refractivity (Wildman–Crippen MR) is 128 cm³/mol. The monoisotopic (exact) mass is 419 g/mol. The van der Waals surface area contributed by atoms with Gasteiger partial charge in [-0.1, -0.05) is 48.5 Å². The molecule has 1 heterocycles. The predicted octanol–water partition coefficient (Wildman–Crippen LogP) is 6.43. The van der Waals surface area contributed by atoms with Gasteiger partial charge in [0.15, 0.2) is 0 Å². The number of anilines is 2. The highest BCUT2D eigenvalue weighted by molar-refractivity contribution is 5.91. The number of para-hydroxylation sites is 2. The van der Waals surface area contributed by atoms with E-state index in [0.29, 0.717) is 5.56 Å². The van der Waals surface area contributed by atoms with Gasteiger partial charge in [0, 0.05) is 16.9 Å². The average molecular weight is 419 g/mol. The number of rotatable bonds is 5. The van der Waals surface area contributed by atoms with Crippen LogP contribution in [0.15, 0.2) is 97.1 Å². The Morgan fingerprint density at radius 3 is 2.38 bits per heavy atom. The van der Waals surface area contributed by atoms with Gasteiger partial charge < -0.3 is 15.0 Å². The molecule has 0 radical (unpaired) electrons. The molecule has 156 valence electrons. The van der Waals surface area contributed by atoms with Gasteiger partial charge in [-0.3, -0.25) is 0 Å². The molecule has 0 aliphatic carbocycles. The molecule has 4 aromatic carbocycles. The number of hydrogen-bond donors (Lipinski definition) is 2. The lowest BCUT2D eigenvalue weighted by molar-refractivity contribution is 0.0601. The molecule has 0 fully saturated rings. The summed E-state index contributed by atoms with van der Waals surface area (Å²) in [5, 5.41) is 3.45. The van der Waals surface area contributed by atoms with E-state index in [1.54, 1.807) is 6.07 Å². The summed E-state index contributed by atoms with van der Waals surface area (Å²) in [7, 11) is 1.39. The number of H-pyrrole nitrogens is 1. The summed E-state index contributed by atoms with van der Waals surface area (Å²) >= 11 is 0. The van der Waals surface area contributed by atoms with Crippen LogP contribution in [0, 0.1) is 0 Å². The second-order valence-corrected chi connectivity index (χ2v) is 7.46. The van der Waals surface area contributed by atoms with Crippen LogP contribution >= 0.6 is 0 Å². The van der Waals surface area contributed by atoms with Crippen LogP contribution in [-0.4, -0.2) is 23.0 Å². The van der Waals surface area contributed by atoms with Gasteiger partial charge in [-0.05, 0) is 59.7 Å². The van der Waals surface area contributed by atoms with E-state index in [1.807, 2.05) is 84.9 Å². The second-order valence-electron chi connectivity index (χ2n) is 7.46. The molecule has 0 bridgehead atoms. The summed E-state index contributed by atoms with van der Waals surface area (Å²) < 4.78 is 4.82. The number of nitrogens with one attached hydrogen (secondary N) is 2. The second kappa shape index (κ2) is 8.40. The third-order valence-corrected chi connectivity index (χ3v) is 5.32. The maximum absolute atomic E-state index is 11.8. The molecular weight excluding hydrogens is 398 g/mol. The lowest BCUT2D eigenvalue weighted by atomic mass is 10.0. The van der Waals surface area contributed by atoms with Crippen molar-refractivity contribution in [1.29, 1.82) is 0 Å². The number of fused-ring (bicyclic) bond motifs is 1. The highest BCUT2D eigenvalue weighted by Gasteiger charge is 2.08. The van der Waals surface area contributed by atoms with Crippen LogP contribution in [0.5, 0.6) is 0 Å². The average Bonchev–Trinajstić information content (AvgIpc) is 3.29. The number of nitrogens with zero attached hydrogens (tertiary/aromatic N) is 1. The minimum Gasteiger partial charge on any atom is -0.465 e. The van der Waals surface area contributed by atoms with Crippen molar-refractivity contribution in [3.8, 4) is 22.5 Å². The molecular formula is C27H21N3O2. The third kappa shape index (κ3) is 3.96. The Kier molecular flexibility index (Phi) is 5.14. The number of carbonyl (C=O) groups excluding carboxylic acids is 1. The maximum Gasteiger partial charge on any atom is 0.337 e. The van der Waals surface area contributed by atoms with Gasteiger partial charge >= 0.3 is 5.97 Å². The molecule has 5 rings (SSSR count). The Balaban J connectivity index is 1.36. The van der Waals surface area contributed by atoms with Crippen LogP contribution in [0.4, 0.5) is 11.4 Å². The van der Waals surface area contributed by atoms with E-state index in [4.69, 9.17) is 4.74 Å². The number of ether oxygens (including phenoxy) is 1. The topological polar surface area (TPSA) is 67.0 Å². The molecule has 1 aromatic heterocycles. The van der Waals surface area contributed by atoms with Gasteiger partial charge in [0.25, 0.3) is 0 Å². The summed E-state index contributed by atoms with van der Waals surface area (Å²) in [4.78, 5) is 19.9. The summed E-state index contributed by atoms with van der Waals surface area (Å²) in [5.74, 6) is 0.505. The van der Waals surface area contributed by atoms with Crippen LogP contribution in [0.3, 0.4) is 0 Å². The Labute approximate surface area is 185 Å². The number of carbonyl (C=O) groups is 1. The molecule has 5 heteroatoms. The van der Waals surface area contributed by atoms with Crippen molar-refractivity contribution >= 4 is 28.4 Å². The highest BCUT2D eigenvalue weighted by Crippen LogP contribution is 2.27. The van der Waals surface area contributed by atoms with E-state index in [1.165, 1.54) is 7.11 Å². The molecule has 5 nitrogen and oxygen atoms in total. The summed E-state index contributed by atoms with van der Waals surface area (Å²) in [6.45, 7) is 0. The molecule has 0 atom stereocenters. The zero-order valence-corrected chi connectivity index (χ0v) is 17.5. The molecule has 0 amide bonds. The third-order valence-electron chi connectivity index (χ3n) is 5.32. The largest absolute Gasteiger partial charge is 0.465 e. The van der Waals surface area contributed by atoms with E-state index in [0.717, 1.165) is 44.9 Å². The van der Waals surface area contributed by atoms with Crippen LogP contribution in [-0.2, 0) is 4.74 Å². The van der Waals surface area contributed by atoms with E-state index in [2.05, 4.69) is 21.4 Å². The van der Waals surface area contributed by atoms with Crippen LogP contribution in [0.2, 0.25) is 0 Å². The first kappa shape index (κ1) is 19.6. The quantitative estimate of drug-likeness (QED) is 0.322. The molecule has 5 aromatic rings. The van der Waals surface area contributed by atoms with Gasteiger partial charge in [0.1, 0.15) is 5.82 Å². The van der Waals surface area contributed by atoms with Crippen molar-refractivity contribution in [1.82, 2.24) is 9.97 Å². The van der Waals surface area contributed by atoms with Crippen molar-refractivity contribution < 1.29 is 9.53 Å². The zero-order chi connectivity index (χ0) is 21.9. The van der Waals surface area contributed by atoms with Crippen molar-refractivity contribution in [3.63, 3.8) is 0 Å². The van der Waals surface area contributed by atoms with Crippen molar-refractivity contribution in [2.75, 3.05) is 12.4 Å². The number of esters is 1. The smallest absolute Gasteiger partial charge is 0.337 e. The number of benzene rings is 4. The number of methoxy groups -OCH3 is 1. The van der Waals surface area contributed by atoms with Crippen LogP contribution in [0.25, 0.3) is 33.5 Å². The van der Waals surface area contributed by atoms with Crippen molar-refractivity contribution in [2.24, 2.45) is 0 Å². The molecule has 0 aliphatic heterocycles. The van der Waals surface area contributed by atoms with Crippen molar-refractivity contribution in [3.05, 3.63) is 103 Å². The van der Waals surface area contributed by atoms with E-state index in [-0.39, 0.29) is 5.97 Å². The number of aromatic nitrogens is 2. The summed E-state index contributed by atoms with van der Waals surface area (Å²) in [6.07, 6.45) is 0.